The van der Waals surface area contributed by atoms with Crippen LogP contribution in [0.25, 0.3) is 0 Å². The standard InChI is InChI=1S/C13H12F5NO2/c14-8-7(9(15)11(17)12(18)10(8)16)13(21)19-4-5-1-2-6(20)3-5/h5-6,20H,1-4H2,(H,19,21). The van der Waals surface area contributed by atoms with E-state index in [2.05, 4.69) is 5.32 Å². The third kappa shape index (κ3) is 2.99. The molecule has 21 heavy (non-hydrogen) atoms. The second kappa shape index (κ2) is 5.97. The highest BCUT2D eigenvalue weighted by Crippen LogP contribution is 2.26. The fourth-order valence-electron chi connectivity index (χ4n) is 2.36. The van der Waals surface area contributed by atoms with Crippen molar-refractivity contribution in [1.82, 2.24) is 5.32 Å². The normalized spacial score (nSPS) is 21.6. The van der Waals surface area contributed by atoms with Crippen molar-refractivity contribution >= 4 is 5.91 Å². The molecule has 0 saturated heterocycles. The highest BCUT2D eigenvalue weighted by Gasteiger charge is 2.30. The van der Waals surface area contributed by atoms with Gasteiger partial charge in [0.15, 0.2) is 23.3 Å². The van der Waals surface area contributed by atoms with Crippen molar-refractivity contribution in [2.75, 3.05) is 6.54 Å². The maximum absolute atomic E-state index is 13.4. The Hall–Kier alpha value is -1.70. The van der Waals surface area contributed by atoms with Crippen molar-refractivity contribution in [2.45, 2.75) is 25.4 Å². The summed E-state index contributed by atoms with van der Waals surface area (Å²) in [7, 11) is 0. The van der Waals surface area contributed by atoms with Gasteiger partial charge in [-0.15, -0.1) is 0 Å². The topological polar surface area (TPSA) is 49.3 Å². The third-order valence-electron chi connectivity index (χ3n) is 3.50. The van der Waals surface area contributed by atoms with Crippen LogP contribution in [0, 0.1) is 35.0 Å². The van der Waals surface area contributed by atoms with E-state index in [1.807, 2.05) is 0 Å². The monoisotopic (exact) mass is 309 g/mol. The predicted molar refractivity (Wildman–Crippen MR) is 61.9 cm³/mol. The number of benzene rings is 1. The molecular formula is C13H12F5NO2. The Bertz CT molecular complexity index is 549. The van der Waals surface area contributed by atoms with Gasteiger partial charge in [-0.25, -0.2) is 22.0 Å². The number of aliphatic hydroxyl groups excluding tert-OH is 1. The molecule has 8 heteroatoms. The predicted octanol–water partition coefficient (Wildman–Crippen LogP) is 2.27. The minimum Gasteiger partial charge on any atom is -0.393 e. The number of hydrogen-bond acceptors (Lipinski definition) is 2. The van der Waals surface area contributed by atoms with Gasteiger partial charge in [0.1, 0.15) is 5.56 Å². The van der Waals surface area contributed by atoms with Crippen LogP contribution in [-0.2, 0) is 0 Å². The molecule has 1 amide bonds. The third-order valence-corrected chi connectivity index (χ3v) is 3.50. The first-order valence-electron chi connectivity index (χ1n) is 6.30. The lowest BCUT2D eigenvalue weighted by molar-refractivity contribution is 0.0933. The zero-order valence-corrected chi connectivity index (χ0v) is 10.7. The molecule has 3 nitrogen and oxygen atoms in total. The second-order valence-electron chi connectivity index (χ2n) is 4.99. The summed E-state index contributed by atoms with van der Waals surface area (Å²) in [5.41, 5.74) is -1.50. The molecule has 2 unspecified atom stereocenters. The molecule has 116 valence electrons. The molecular weight excluding hydrogens is 297 g/mol. The molecule has 1 fully saturated rings. The Morgan fingerprint density at radius 2 is 1.52 bits per heavy atom. The van der Waals surface area contributed by atoms with Gasteiger partial charge in [-0.3, -0.25) is 4.79 Å². The fraction of sp³-hybridized carbons (Fsp3) is 0.462. The lowest BCUT2D eigenvalue weighted by atomic mass is 10.1. The molecule has 1 aromatic carbocycles. The molecule has 2 atom stereocenters. The summed E-state index contributed by atoms with van der Waals surface area (Å²) in [4.78, 5) is 11.6. The van der Waals surface area contributed by atoms with Crippen LogP contribution in [0.1, 0.15) is 29.6 Å². The first-order valence-corrected chi connectivity index (χ1v) is 6.30. The molecule has 0 radical (unpaired) electrons. The number of halogens is 5. The molecule has 1 aliphatic carbocycles. The van der Waals surface area contributed by atoms with Gasteiger partial charge in [-0.1, -0.05) is 0 Å². The first-order chi connectivity index (χ1) is 9.82. The summed E-state index contributed by atoms with van der Waals surface area (Å²) in [5, 5.41) is 11.4. The molecule has 0 heterocycles. The van der Waals surface area contributed by atoms with E-state index < -0.39 is 46.7 Å². The summed E-state index contributed by atoms with van der Waals surface area (Å²) >= 11 is 0. The van der Waals surface area contributed by atoms with Gasteiger partial charge in [0.05, 0.1) is 6.10 Å². The zero-order chi connectivity index (χ0) is 15.7. The number of nitrogens with one attached hydrogen (secondary N) is 1. The number of amides is 1. The van der Waals surface area contributed by atoms with Crippen molar-refractivity contribution in [1.29, 1.82) is 0 Å². The Morgan fingerprint density at radius 3 is 2.00 bits per heavy atom. The molecule has 2 rings (SSSR count). The molecule has 0 spiro atoms. The fourth-order valence-corrected chi connectivity index (χ4v) is 2.36. The molecule has 0 aromatic heterocycles. The van der Waals surface area contributed by atoms with E-state index in [9.17, 15) is 31.9 Å². The Kier molecular flexibility index (Phi) is 4.46. The van der Waals surface area contributed by atoms with E-state index in [-0.39, 0.29) is 12.5 Å². The van der Waals surface area contributed by atoms with Gasteiger partial charge in [0.25, 0.3) is 5.91 Å². The Morgan fingerprint density at radius 1 is 1.00 bits per heavy atom. The van der Waals surface area contributed by atoms with Crippen LogP contribution in [0.15, 0.2) is 0 Å². The van der Waals surface area contributed by atoms with Crippen LogP contribution in [0.5, 0.6) is 0 Å². The number of aliphatic hydroxyl groups is 1. The second-order valence-corrected chi connectivity index (χ2v) is 4.99. The number of carbonyl (C=O) groups is 1. The lowest BCUT2D eigenvalue weighted by Crippen LogP contribution is -2.31. The van der Waals surface area contributed by atoms with Crippen LogP contribution < -0.4 is 5.32 Å². The van der Waals surface area contributed by atoms with Crippen LogP contribution in [-0.4, -0.2) is 23.7 Å². The maximum atomic E-state index is 13.4. The van der Waals surface area contributed by atoms with Gasteiger partial charge in [0, 0.05) is 6.54 Å². The van der Waals surface area contributed by atoms with Crippen molar-refractivity contribution in [2.24, 2.45) is 5.92 Å². The van der Waals surface area contributed by atoms with E-state index in [1.54, 1.807) is 0 Å². The molecule has 0 aliphatic heterocycles. The van der Waals surface area contributed by atoms with Crippen molar-refractivity contribution in [3.63, 3.8) is 0 Å². The largest absolute Gasteiger partial charge is 0.393 e. The maximum Gasteiger partial charge on any atom is 0.257 e. The summed E-state index contributed by atoms with van der Waals surface area (Å²) in [6, 6.07) is 0. The molecule has 1 saturated carbocycles. The minimum absolute atomic E-state index is 0.00458. The van der Waals surface area contributed by atoms with Gasteiger partial charge in [-0.2, -0.15) is 0 Å². The zero-order valence-electron chi connectivity index (χ0n) is 10.7. The van der Waals surface area contributed by atoms with E-state index in [0.29, 0.717) is 19.3 Å². The summed E-state index contributed by atoms with van der Waals surface area (Å²) < 4.78 is 65.6. The van der Waals surface area contributed by atoms with E-state index in [1.165, 1.54) is 0 Å². The summed E-state index contributed by atoms with van der Waals surface area (Å²) in [6.07, 6.45) is 1.07. The summed E-state index contributed by atoms with van der Waals surface area (Å²) in [5.74, 6) is -12.4. The lowest BCUT2D eigenvalue weighted by Gasteiger charge is -2.12. The van der Waals surface area contributed by atoms with Gasteiger partial charge in [-0.05, 0) is 25.2 Å². The number of hydrogen-bond donors (Lipinski definition) is 2. The molecule has 0 bridgehead atoms. The average Bonchev–Trinajstić information content (AvgIpc) is 2.86. The quantitative estimate of drug-likeness (QED) is 0.511. The van der Waals surface area contributed by atoms with Crippen molar-refractivity contribution in [3.8, 4) is 0 Å². The SMILES string of the molecule is O=C(NCC1CCC(O)C1)c1c(F)c(F)c(F)c(F)c1F. The van der Waals surface area contributed by atoms with Crippen LogP contribution in [0.2, 0.25) is 0 Å². The smallest absolute Gasteiger partial charge is 0.257 e. The van der Waals surface area contributed by atoms with Crippen LogP contribution in [0.3, 0.4) is 0 Å². The van der Waals surface area contributed by atoms with Crippen LogP contribution in [0.4, 0.5) is 22.0 Å². The van der Waals surface area contributed by atoms with E-state index in [4.69, 9.17) is 0 Å². The van der Waals surface area contributed by atoms with Crippen molar-refractivity contribution < 1.29 is 31.9 Å². The summed E-state index contributed by atoms with van der Waals surface area (Å²) in [6.45, 7) is -0.00458. The Labute approximate surface area is 116 Å². The molecule has 1 aliphatic rings. The van der Waals surface area contributed by atoms with Crippen LogP contribution >= 0.6 is 0 Å². The van der Waals surface area contributed by atoms with E-state index >= 15 is 0 Å². The van der Waals surface area contributed by atoms with E-state index in [0.717, 1.165) is 0 Å². The Balaban J connectivity index is 2.16. The minimum atomic E-state index is -2.31. The average molecular weight is 309 g/mol. The number of rotatable bonds is 3. The highest BCUT2D eigenvalue weighted by atomic mass is 19.2. The highest BCUT2D eigenvalue weighted by molar-refractivity contribution is 5.94. The van der Waals surface area contributed by atoms with Gasteiger partial charge in [0.2, 0.25) is 5.82 Å². The molecule has 2 N–H and O–H groups in total. The molecule has 1 aromatic rings. The van der Waals surface area contributed by atoms with Crippen molar-refractivity contribution in [3.05, 3.63) is 34.6 Å². The first kappa shape index (κ1) is 15.7. The van der Waals surface area contributed by atoms with Gasteiger partial charge >= 0.3 is 0 Å². The van der Waals surface area contributed by atoms with Gasteiger partial charge < -0.3 is 10.4 Å². The number of carbonyl (C=O) groups excluding carboxylic acids is 1.